The second kappa shape index (κ2) is 35.7. The Labute approximate surface area is 567 Å². The third-order valence-corrected chi connectivity index (χ3v) is 16.5. The largest absolute Gasteiger partial charge is 0.496 e. The normalized spacial score (nSPS) is 14.5. The molecule has 5 aromatic carbocycles. The molecule has 1 heterocycles. The summed E-state index contributed by atoms with van der Waals surface area (Å²) in [5.41, 5.74) is 4.08. The highest BCUT2D eigenvalue weighted by Crippen LogP contribution is 2.53. The Balaban J connectivity index is 1.07. The van der Waals surface area contributed by atoms with Crippen LogP contribution in [0, 0.1) is 17.8 Å². The van der Waals surface area contributed by atoms with Gasteiger partial charge in [-0.1, -0.05) is 159 Å². The number of hydrogen-bond donors (Lipinski definition) is 9. The van der Waals surface area contributed by atoms with Gasteiger partial charge in [0.05, 0.1) is 32.7 Å². The number of fused-ring (bicyclic) bond motifs is 2. The van der Waals surface area contributed by atoms with Crippen molar-refractivity contribution in [2.24, 2.45) is 17.8 Å². The average molecular weight is 1340 g/mol. The topological polar surface area (TPSA) is 325 Å². The summed E-state index contributed by atoms with van der Waals surface area (Å²) in [6.07, 6.45) is -0.767. The van der Waals surface area contributed by atoms with E-state index >= 15 is 0 Å². The molecule has 0 radical (unpaired) electrons. The Bertz CT molecular complexity index is 3570. The van der Waals surface area contributed by atoms with Gasteiger partial charge in [-0.15, -0.1) is 0 Å². The van der Waals surface area contributed by atoms with Crippen molar-refractivity contribution in [3.05, 3.63) is 154 Å². The van der Waals surface area contributed by atoms with E-state index in [1.54, 1.807) is 80.6 Å². The lowest BCUT2D eigenvalue weighted by atomic mass is 9.74. The quantitative estimate of drug-likeness (QED) is 0.0195. The van der Waals surface area contributed by atoms with Crippen LogP contribution in [-0.4, -0.2) is 122 Å². The number of benzene rings is 5. The maximum atomic E-state index is 14.4. The number of alkyl carbamates (subject to hydrolysis) is 1. The van der Waals surface area contributed by atoms with Crippen LogP contribution in [0.4, 0.5) is 4.79 Å². The second-order valence-corrected chi connectivity index (χ2v) is 26.0. The highest BCUT2D eigenvalue weighted by atomic mass is 16.5. The van der Waals surface area contributed by atoms with Crippen molar-refractivity contribution in [2.45, 2.75) is 182 Å². The van der Waals surface area contributed by atoms with Crippen molar-refractivity contribution in [3.63, 3.8) is 0 Å². The van der Waals surface area contributed by atoms with Crippen molar-refractivity contribution >= 4 is 59.3 Å². The maximum Gasteiger partial charge on any atom is 0.408 e. The molecule has 24 heteroatoms. The molecular formula is C73H95N9O15. The minimum absolute atomic E-state index is 0.0248. The van der Waals surface area contributed by atoms with Crippen LogP contribution in [0.25, 0.3) is 0 Å². The summed E-state index contributed by atoms with van der Waals surface area (Å²) in [5, 5.41) is 24.2. The minimum Gasteiger partial charge on any atom is -0.496 e. The monoisotopic (exact) mass is 1340 g/mol. The molecule has 0 saturated carbocycles. The first-order chi connectivity index (χ1) is 46.0. The minimum atomic E-state index is -1.28. The number of esters is 1. The Hall–Kier alpha value is -10.0. The lowest BCUT2D eigenvalue weighted by Gasteiger charge is -2.37. The lowest BCUT2D eigenvalue weighted by molar-refractivity contribution is -0.144. The van der Waals surface area contributed by atoms with Gasteiger partial charge in [0, 0.05) is 28.5 Å². The first kappa shape index (κ1) is 76.0. The fourth-order valence-electron chi connectivity index (χ4n) is 11.0. The summed E-state index contributed by atoms with van der Waals surface area (Å²) in [5.74, 6) is -5.19. The highest BCUT2D eigenvalue weighted by Gasteiger charge is 2.40. The summed E-state index contributed by atoms with van der Waals surface area (Å²) in [6.45, 7) is 20.5. The van der Waals surface area contributed by atoms with Crippen molar-refractivity contribution in [3.8, 4) is 23.0 Å². The second-order valence-electron chi connectivity index (χ2n) is 26.0. The summed E-state index contributed by atoms with van der Waals surface area (Å²) >= 11 is 0. The fraction of sp³-hybridized carbons (Fsp3) is 0.452. The number of ether oxygens (including phenoxy) is 5. The van der Waals surface area contributed by atoms with Gasteiger partial charge >= 0.3 is 12.1 Å². The molecule has 97 heavy (non-hydrogen) atoms. The van der Waals surface area contributed by atoms with Gasteiger partial charge in [-0.2, -0.15) is 0 Å². The van der Waals surface area contributed by atoms with Gasteiger partial charge in [-0.3, -0.25) is 43.2 Å². The predicted molar refractivity (Wildman–Crippen MR) is 364 cm³/mol. The van der Waals surface area contributed by atoms with Gasteiger partial charge in [-0.25, -0.2) is 4.79 Å². The number of nitrogens with one attached hydrogen (secondary N) is 9. The molecule has 0 aliphatic carbocycles. The third-order valence-electron chi connectivity index (χ3n) is 16.5. The van der Waals surface area contributed by atoms with Crippen molar-refractivity contribution in [1.29, 1.82) is 0 Å². The summed E-state index contributed by atoms with van der Waals surface area (Å²) < 4.78 is 29.3. The number of amides is 9. The van der Waals surface area contributed by atoms with E-state index in [1.807, 2.05) is 90.1 Å². The SMILES string of the molecule is COc1ccc2c(c1CNC(=O)[C@H](C)NC(=O)[C@H](CC(C)C)NC(=O)[C@H](C)NC(=O)[C@H](CC(C)C)NC(=O)[C@H](Cc1ccccc1)NC(=O)[C@H](C)NC(=O)[C@H](C)NC(=O)[C@@H](NC(=O)OCc1ccccc1)C(C)C)Oc1c(ccc(OC)c1CC(=O)OCc1ccccc1)C2(C)C. The van der Waals surface area contributed by atoms with E-state index in [1.165, 1.54) is 41.9 Å². The average Bonchev–Trinajstić information content (AvgIpc) is 0.729. The summed E-state index contributed by atoms with van der Waals surface area (Å²) in [4.78, 5) is 137. The summed E-state index contributed by atoms with van der Waals surface area (Å²) in [6, 6.07) is 24.9. The zero-order valence-corrected chi connectivity index (χ0v) is 57.9. The molecule has 5 aromatic rings. The van der Waals surface area contributed by atoms with E-state index in [0.29, 0.717) is 39.7 Å². The van der Waals surface area contributed by atoms with Crippen LogP contribution in [0.1, 0.15) is 135 Å². The van der Waals surface area contributed by atoms with Gasteiger partial charge < -0.3 is 71.5 Å². The van der Waals surface area contributed by atoms with Crippen LogP contribution in [-0.2, 0) is 90.6 Å². The molecular weight excluding hydrogens is 1240 g/mol. The van der Waals surface area contributed by atoms with Gasteiger partial charge in [0.15, 0.2) is 0 Å². The third kappa shape index (κ3) is 21.8. The maximum absolute atomic E-state index is 14.4. The predicted octanol–water partition coefficient (Wildman–Crippen LogP) is 6.80. The van der Waals surface area contributed by atoms with Crippen LogP contribution < -0.4 is 62.1 Å². The number of rotatable bonds is 33. The molecule has 9 N–H and O–H groups in total. The molecule has 0 bridgehead atoms. The molecule has 0 unspecified atom stereocenters. The molecule has 24 nitrogen and oxygen atoms in total. The van der Waals surface area contributed by atoms with Gasteiger partial charge in [0.25, 0.3) is 0 Å². The first-order valence-corrected chi connectivity index (χ1v) is 32.7. The fourth-order valence-corrected chi connectivity index (χ4v) is 11.0. The zero-order chi connectivity index (χ0) is 71.3. The van der Waals surface area contributed by atoms with E-state index in [9.17, 15) is 47.9 Å². The standard InChI is InChI=1S/C73H95N9O15/c1-41(2)34-55(68(88)76-44(7)64(84)74-38-52-59(94-14)33-31-54-63(52)97-62-51(58(93-13)32-30-53(62)73(54,11)12)37-60(83)95-39-49-26-20-16-21-27-49)79-67(87)47(10)77-69(89)56(35-42(3)4)81-70(90)57(36-48-24-18-15-19-25-48)80-66(86)46(9)75-65(85)45(8)78-71(91)61(43(5)6)82-72(92)96-40-50-28-22-17-23-29-50/h15-33,41-47,55-57,61H,34-40H2,1-14H3,(H,74,84)(H,75,85)(H,76,88)(H,77,89)(H,78,91)(H,79,87)(H,80,86)(H,81,90)(H,82,92)/t44-,45-,46-,47-,55-,56-,57-,61-/m0/s1. The Morgan fingerprint density at radius 3 is 1.29 bits per heavy atom. The van der Waals surface area contributed by atoms with Crippen LogP contribution in [0.2, 0.25) is 0 Å². The van der Waals surface area contributed by atoms with Gasteiger partial charge in [0.2, 0.25) is 47.3 Å². The molecule has 0 fully saturated rings. The molecule has 0 aromatic heterocycles. The molecule has 6 rings (SSSR count). The zero-order valence-electron chi connectivity index (χ0n) is 57.9. The molecule has 1 aliphatic rings. The van der Waals surface area contributed by atoms with Crippen LogP contribution in [0.3, 0.4) is 0 Å². The number of hydrogen-bond acceptors (Lipinski definition) is 15. The van der Waals surface area contributed by atoms with Crippen molar-refractivity contribution in [2.75, 3.05) is 14.2 Å². The van der Waals surface area contributed by atoms with Gasteiger partial charge in [-0.05, 0) is 87.1 Å². The number of carbonyl (C=O) groups excluding carboxylic acids is 10. The number of carbonyl (C=O) groups is 10. The van der Waals surface area contributed by atoms with Crippen LogP contribution >= 0.6 is 0 Å². The Kier molecular flexibility index (Phi) is 27.9. The van der Waals surface area contributed by atoms with E-state index in [4.69, 9.17) is 23.7 Å². The highest BCUT2D eigenvalue weighted by molar-refractivity contribution is 5.98. The molecule has 8 atom stereocenters. The molecule has 9 amide bonds. The molecule has 522 valence electrons. The van der Waals surface area contributed by atoms with E-state index in [-0.39, 0.29) is 57.3 Å². The Morgan fingerprint density at radius 1 is 0.423 bits per heavy atom. The molecule has 0 spiro atoms. The Morgan fingerprint density at radius 2 is 0.814 bits per heavy atom. The van der Waals surface area contributed by atoms with Crippen LogP contribution in [0.5, 0.6) is 23.0 Å². The van der Waals surface area contributed by atoms with Gasteiger partial charge in [0.1, 0.15) is 84.5 Å². The molecule has 0 saturated heterocycles. The van der Waals surface area contributed by atoms with E-state index in [0.717, 1.165) is 22.3 Å². The number of methoxy groups -OCH3 is 2. The van der Waals surface area contributed by atoms with E-state index in [2.05, 4.69) is 47.9 Å². The lowest BCUT2D eigenvalue weighted by Crippen LogP contribution is -2.60. The van der Waals surface area contributed by atoms with E-state index < -0.39 is 119 Å². The smallest absolute Gasteiger partial charge is 0.408 e. The van der Waals surface area contributed by atoms with Crippen molar-refractivity contribution < 1.29 is 71.6 Å². The van der Waals surface area contributed by atoms with Crippen LogP contribution in [0.15, 0.2) is 115 Å². The van der Waals surface area contributed by atoms with Crippen molar-refractivity contribution in [1.82, 2.24) is 47.9 Å². The molecule has 1 aliphatic heterocycles. The first-order valence-electron chi connectivity index (χ1n) is 32.7. The summed E-state index contributed by atoms with van der Waals surface area (Å²) in [7, 11) is 2.99.